The summed E-state index contributed by atoms with van der Waals surface area (Å²) in [7, 11) is 0. The molecule has 2 heteroatoms. The van der Waals surface area contributed by atoms with Crippen molar-refractivity contribution in [3.63, 3.8) is 0 Å². The molecule has 128 valence electrons. The average molecular weight is 346 g/mol. The van der Waals surface area contributed by atoms with Gasteiger partial charge in [-0.25, -0.2) is 9.97 Å². The molecule has 0 aliphatic rings. The summed E-state index contributed by atoms with van der Waals surface area (Å²) in [6.45, 7) is 2.15. The molecule has 2 nitrogen and oxygen atoms in total. The van der Waals surface area contributed by atoms with Crippen LogP contribution in [0, 0.1) is 6.92 Å². The SMILES string of the molecule is Cc1ccc(-c2cnc(-c3cccc4ccccc34)nc2)c2ccccc12. The Morgan fingerprint density at radius 1 is 0.556 bits per heavy atom. The fourth-order valence-corrected chi connectivity index (χ4v) is 3.73. The van der Waals surface area contributed by atoms with Gasteiger partial charge in [0, 0.05) is 23.5 Å². The molecule has 1 aromatic heterocycles. The fraction of sp³-hybridized carbons (Fsp3) is 0.0400. The van der Waals surface area contributed by atoms with Gasteiger partial charge in [0.2, 0.25) is 0 Å². The van der Waals surface area contributed by atoms with Crippen molar-refractivity contribution in [3.05, 3.63) is 96.8 Å². The number of aryl methyl sites for hydroxylation is 1. The first-order valence-electron chi connectivity index (χ1n) is 9.10. The Labute approximate surface area is 158 Å². The normalized spacial score (nSPS) is 11.1. The number of nitrogens with zero attached hydrogens (tertiary/aromatic N) is 2. The topological polar surface area (TPSA) is 25.8 Å². The van der Waals surface area contributed by atoms with Crippen molar-refractivity contribution < 1.29 is 0 Å². The van der Waals surface area contributed by atoms with Crippen molar-refractivity contribution >= 4 is 21.5 Å². The lowest BCUT2D eigenvalue weighted by molar-refractivity contribution is 1.18. The smallest absolute Gasteiger partial charge is 0.159 e. The number of benzene rings is 4. The quantitative estimate of drug-likeness (QED) is 0.368. The van der Waals surface area contributed by atoms with Gasteiger partial charge < -0.3 is 0 Å². The molecule has 5 aromatic rings. The van der Waals surface area contributed by atoms with Crippen LogP contribution in [0.5, 0.6) is 0 Å². The van der Waals surface area contributed by atoms with Gasteiger partial charge in [0.15, 0.2) is 5.82 Å². The molecule has 0 amide bonds. The maximum atomic E-state index is 4.69. The van der Waals surface area contributed by atoms with Gasteiger partial charge in [0.05, 0.1) is 0 Å². The Balaban J connectivity index is 1.63. The van der Waals surface area contributed by atoms with Crippen molar-refractivity contribution in [2.45, 2.75) is 6.92 Å². The fourth-order valence-electron chi connectivity index (χ4n) is 3.73. The van der Waals surface area contributed by atoms with Crippen LogP contribution >= 0.6 is 0 Å². The lowest BCUT2D eigenvalue weighted by atomic mass is 9.97. The van der Waals surface area contributed by atoms with Crippen molar-refractivity contribution in [2.75, 3.05) is 0 Å². The van der Waals surface area contributed by atoms with Gasteiger partial charge >= 0.3 is 0 Å². The van der Waals surface area contributed by atoms with Crippen molar-refractivity contribution in [1.29, 1.82) is 0 Å². The number of hydrogen-bond acceptors (Lipinski definition) is 2. The summed E-state index contributed by atoms with van der Waals surface area (Å²) >= 11 is 0. The van der Waals surface area contributed by atoms with E-state index in [1.807, 2.05) is 12.4 Å². The first-order chi connectivity index (χ1) is 13.3. The standard InChI is InChI=1S/C25H18N2/c1-17-13-14-22(23-11-5-4-9-20(17)23)19-15-26-25(27-16-19)24-12-6-8-18-7-2-3-10-21(18)24/h2-16H,1H3. The van der Waals surface area contributed by atoms with Crippen LogP contribution in [0.25, 0.3) is 44.1 Å². The average Bonchev–Trinajstić information content (AvgIpc) is 2.74. The predicted molar refractivity (Wildman–Crippen MR) is 113 cm³/mol. The monoisotopic (exact) mass is 346 g/mol. The Hall–Kier alpha value is -3.52. The lowest BCUT2D eigenvalue weighted by Gasteiger charge is -2.10. The number of fused-ring (bicyclic) bond motifs is 2. The van der Waals surface area contributed by atoms with Crippen molar-refractivity contribution in [2.24, 2.45) is 0 Å². The van der Waals surface area contributed by atoms with Gasteiger partial charge in [-0.15, -0.1) is 0 Å². The van der Waals surface area contributed by atoms with Crippen LogP contribution in [0.1, 0.15) is 5.56 Å². The molecule has 0 atom stereocenters. The zero-order valence-electron chi connectivity index (χ0n) is 15.1. The molecule has 0 bridgehead atoms. The number of aromatic nitrogens is 2. The first kappa shape index (κ1) is 15.7. The molecule has 0 saturated carbocycles. The summed E-state index contributed by atoms with van der Waals surface area (Å²) in [6, 6.07) is 27.4. The summed E-state index contributed by atoms with van der Waals surface area (Å²) in [4.78, 5) is 9.39. The molecule has 0 unspecified atom stereocenters. The summed E-state index contributed by atoms with van der Waals surface area (Å²) in [6.07, 6.45) is 3.86. The molecule has 0 spiro atoms. The van der Waals surface area contributed by atoms with Crippen LogP contribution < -0.4 is 0 Å². The summed E-state index contributed by atoms with van der Waals surface area (Å²) in [5.41, 5.74) is 4.55. The zero-order chi connectivity index (χ0) is 18.2. The van der Waals surface area contributed by atoms with E-state index in [0.717, 1.165) is 17.0 Å². The minimum absolute atomic E-state index is 0.756. The van der Waals surface area contributed by atoms with E-state index in [1.165, 1.54) is 32.7 Å². The second kappa shape index (κ2) is 6.33. The predicted octanol–water partition coefficient (Wildman–Crippen LogP) is 6.43. The molecule has 0 saturated heterocycles. The Bertz CT molecular complexity index is 1270. The van der Waals surface area contributed by atoms with Crippen LogP contribution in [-0.4, -0.2) is 9.97 Å². The van der Waals surface area contributed by atoms with E-state index in [9.17, 15) is 0 Å². The van der Waals surface area contributed by atoms with E-state index in [-0.39, 0.29) is 0 Å². The maximum absolute atomic E-state index is 4.69. The highest BCUT2D eigenvalue weighted by molar-refractivity contribution is 5.98. The highest BCUT2D eigenvalue weighted by Crippen LogP contribution is 2.31. The van der Waals surface area contributed by atoms with Crippen LogP contribution in [0.3, 0.4) is 0 Å². The van der Waals surface area contributed by atoms with Crippen molar-refractivity contribution in [1.82, 2.24) is 9.97 Å². The maximum Gasteiger partial charge on any atom is 0.159 e. The molecular weight excluding hydrogens is 328 g/mol. The second-order valence-corrected chi connectivity index (χ2v) is 6.80. The molecule has 27 heavy (non-hydrogen) atoms. The molecule has 0 radical (unpaired) electrons. The van der Waals surface area contributed by atoms with Gasteiger partial charge in [-0.1, -0.05) is 78.9 Å². The van der Waals surface area contributed by atoms with Crippen LogP contribution in [0.4, 0.5) is 0 Å². The van der Waals surface area contributed by atoms with Crippen molar-refractivity contribution in [3.8, 4) is 22.5 Å². The molecule has 0 N–H and O–H groups in total. The van der Waals surface area contributed by atoms with Gasteiger partial charge in [-0.2, -0.15) is 0 Å². The molecule has 0 aliphatic heterocycles. The summed E-state index contributed by atoms with van der Waals surface area (Å²) in [5, 5.41) is 4.88. The van der Waals surface area contributed by atoms with E-state index < -0.39 is 0 Å². The van der Waals surface area contributed by atoms with Gasteiger partial charge in [0.25, 0.3) is 0 Å². The van der Waals surface area contributed by atoms with Crippen LogP contribution in [0.15, 0.2) is 91.3 Å². The van der Waals surface area contributed by atoms with Gasteiger partial charge in [-0.05, 0) is 39.6 Å². The van der Waals surface area contributed by atoms with E-state index in [1.54, 1.807) is 0 Å². The van der Waals surface area contributed by atoms with E-state index in [0.29, 0.717) is 0 Å². The molecule has 1 heterocycles. The Kier molecular flexibility index (Phi) is 3.68. The minimum Gasteiger partial charge on any atom is -0.236 e. The molecule has 4 aromatic carbocycles. The molecule has 5 rings (SSSR count). The largest absolute Gasteiger partial charge is 0.236 e. The second-order valence-electron chi connectivity index (χ2n) is 6.80. The third kappa shape index (κ3) is 2.67. The van der Waals surface area contributed by atoms with Crippen LogP contribution in [0.2, 0.25) is 0 Å². The Morgan fingerprint density at radius 3 is 2.04 bits per heavy atom. The zero-order valence-corrected chi connectivity index (χ0v) is 15.1. The Morgan fingerprint density at radius 2 is 1.22 bits per heavy atom. The summed E-state index contributed by atoms with van der Waals surface area (Å²) < 4.78 is 0. The first-order valence-corrected chi connectivity index (χ1v) is 9.10. The highest BCUT2D eigenvalue weighted by atomic mass is 14.9. The van der Waals surface area contributed by atoms with E-state index in [2.05, 4.69) is 85.8 Å². The lowest BCUT2D eigenvalue weighted by Crippen LogP contribution is -1.92. The summed E-state index contributed by atoms with van der Waals surface area (Å²) in [5.74, 6) is 0.756. The van der Waals surface area contributed by atoms with Gasteiger partial charge in [0.1, 0.15) is 0 Å². The van der Waals surface area contributed by atoms with E-state index in [4.69, 9.17) is 9.97 Å². The highest BCUT2D eigenvalue weighted by Gasteiger charge is 2.09. The number of rotatable bonds is 2. The third-order valence-electron chi connectivity index (χ3n) is 5.14. The molecule has 0 fully saturated rings. The molecular formula is C25H18N2. The van der Waals surface area contributed by atoms with E-state index >= 15 is 0 Å². The molecule has 0 aliphatic carbocycles. The minimum atomic E-state index is 0.756. The third-order valence-corrected chi connectivity index (χ3v) is 5.14. The van der Waals surface area contributed by atoms with Gasteiger partial charge in [-0.3, -0.25) is 0 Å². The van der Waals surface area contributed by atoms with Crippen LogP contribution in [-0.2, 0) is 0 Å². The number of hydrogen-bond donors (Lipinski definition) is 0.